The molecule has 1 amide bonds. The van der Waals surface area contributed by atoms with E-state index in [4.69, 9.17) is 0 Å². The van der Waals surface area contributed by atoms with E-state index < -0.39 is 0 Å². The van der Waals surface area contributed by atoms with Crippen molar-refractivity contribution < 1.29 is 9.18 Å². The highest BCUT2D eigenvalue weighted by Crippen LogP contribution is 2.20. The van der Waals surface area contributed by atoms with Crippen molar-refractivity contribution in [1.29, 1.82) is 0 Å². The Morgan fingerprint density at radius 1 is 1.04 bits per heavy atom. The topological polar surface area (TPSA) is 35.6 Å². The largest absolute Gasteiger partial charge is 0.367 e. The number of piperazine rings is 1. The number of benzene rings is 2. The van der Waals surface area contributed by atoms with Gasteiger partial charge in [0, 0.05) is 32.7 Å². The van der Waals surface area contributed by atoms with E-state index >= 15 is 0 Å². The molecule has 1 fully saturated rings. The molecule has 2 aromatic rings. The molecule has 1 N–H and O–H groups in total. The first-order chi connectivity index (χ1) is 12.1. The number of amides is 1. The molecule has 1 aliphatic heterocycles. The zero-order valence-electron chi connectivity index (χ0n) is 14.5. The van der Waals surface area contributed by atoms with Gasteiger partial charge in [0.1, 0.15) is 5.82 Å². The highest BCUT2D eigenvalue weighted by Gasteiger charge is 2.26. The lowest BCUT2D eigenvalue weighted by atomic mass is 10.2. The Balaban J connectivity index is 1.50. The van der Waals surface area contributed by atoms with Crippen LogP contribution in [-0.2, 0) is 11.3 Å². The van der Waals surface area contributed by atoms with Crippen molar-refractivity contribution in [3.63, 3.8) is 0 Å². The average molecular weight is 341 g/mol. The van der Waals surface area contributed by atoms with Crippen LogP contribution < -0.4 is 10.2 Å². The fourth-order valence-electron chi connectivity index (χ4n) is 3.16. The van der Waals surface area contributed by atoms with Gasteiger partial charge in [-0.3, -0.25) is 9.69 Å². The summed E-state index contributed by atoms with van der Waals surface area (Å²) in [5.74, 6) is -0.159. The molecule has 1 aliphatic rings. The molecule has 1 atom stereocenters. The fraction of sp³-hybridized carbons (Fsp3) is 0.350. The van der Waals surface area contributed by atoms with Crippen molar-refractivity contribution in [2.45, 2.75) is 19.5 Å². The van der Waals surface area contributed by atoms with E-state index in [0.717, 1.165) is 31.7 Å². The second-order valence-corrected chi connectivity index (χ2v) is 6.35. The smallest absolute Gasteiger partial charge is 0.237 e. The highest BCUT2D eigenvalue weighted by atomic mass is 19.1. The van der Waals surface area contributed by atoms with Crippen LogP contribution in [0.3, 0.4) is 0 Å². The van der Waals surface area contributed by atoms with Crippen molar-refractivity contribution in [1.82, 2.24) is 10.2 Å². The molecule has 0 spiro atoms. The third-order valence-corrected chi connectivity index (χ3v) is 4.74. The van der Waals surface area contributed by atoms with Gasteiger partial charge in [0.25, 0.3) is 0 Å². The number of carbonyl (C=O) groups excluding carboxylic acids is 1. The number of anilines is 1. The average Bonchev–Trinajstić information content (AvgIpc) is 2.67. The predicted molar refractivity (Wildman–Crippen MR) is 97.9 cm³/mol. The molecular formula is C20H24FN3O. The summed E-state index contributed by atoms with van der Waals surface area (Å²) in [6.45, 7) is 5.40. The Morgan fingerprint density at radius 2 is 1.68 bits per heavy atom. The number of carbonyl (C=O) groups is 1. The van der Waals surface area contributed by atoms with Crippen molar-refractivity contribution in [3.8, 4) is 0 Å². The summed E-state index contributed by atoms with van der Waals surface area (Å²) >= 11 is 0. The monoisotopic (exact) mass is 341 g/mol. The van der Waals surface area contributed by atoms with Crippen LogP contribution in [0.1, 0.15) is 12.5 Å². The molecule has 5 heteroatoms. The zero-order chi connectivity index (χ0) is 17.6. The molecule has 25 heavy (non-hydrogen) atoms. The van der Waals surface area contributed by atoms with Gasteiger partial charge in [-0.25, -0.2) is 4.39 Å². The molecule has 1 unspecified atom stereocenters. The summed E-state index contributed by atoms with van der Waals surface area (Å²) < 4.78 is 13.9. The highest BCUT2D eigenvalue weighted by molar-refractivity contribution is 5.81. The minimum Gasteiger partial charge on any atom is -0.367 e. The van der Waals surface area contributed by atoms with Gasteiger partial charge in [-0.15, -0.1) is 0 Å². The number of rotatable bonds is 5. The van der Waals surface area contributed by atoms with Crippen molar-refractivity contribution in [2.24, 2.45) is 0 Å². The van der Waals surface area contributed by atoms with Gasteiger partial charge >= 0.3 is 0 Å². The second-order valence-electron chi connectivity index (χ2n) is 6.35. The standard InChI is InChI=1S/C20H24FN3O/c1-16(20(25)22-15-17-7-3-2-4-8-17)23-11-13-24(14-12-23)19-10-6-5-9-18(19)21/h2-10,16H,11-15H2,1H3,(H,22,25). The Bertz CT molecular complexity index is 699. The van der Waals surface area contributed by atoms with Crippen molar-refractivity contribution >= 4 is 11.6 Å². The lowest BCUT2D eigenvalue weighted by Crippen LogP contribution is -2.54. The normalized spacial score (nSPS) is 16.5. The second kappa shape index (κ2) is 8.12. The van der Waals surface area contributed by atoms with Gasteiger partial charge in [-0.1, -0.05) is 42.5 Å². The van der Waals surface area contributed by atoms with Gasteiger partial charge in [0.05, 0.1) is 11.7 Å². The summed E-state index contributed by atoms with van der Waals surface area (Å²) in [7, 11) is 0. The lowest BCUT2D eigenvalue weighted by molar-refractivity contribution is -0.126. The molecule has 0 radical (unpaired) electrons. The maximum Gasteiger partial charge on any atom is 0.237 e. The predicted octanol–water partition coefficient (Wildman–Crippen LogP) is 2.65. The molecule has 3 rings (SSSR count). The SMILES string of the molecule is CC(C(=O)NCc1ccccc1)N1CCN(c2ccccc2F)CC1. The fourth-order valence-corrected chi connectivity index (χ4v) is 3.16. The van der Waals surface area contributed by atoms with Crippen LogP contribution in [0.5, 0.6) is 0 Å². The van der Waals surface area contributed by atoms with Crippen LogP contribution in [0.25, 0.3) is 0 Å². The number of nitrogens with zero attached hydrogens (tertiary/aromatic N) is 2. The maximum atomic E-state index is 13.9. The summed E-state index contributed by atoms with van der Waals surface area (Å²) in [5, 5.41) is 2.99. The Kier molecular flexibility index (Phi) is 5.66. The minimum atomic E-state index is -0.190. The first-order valence-electron chi connectivity index (χ1n) is 8.70. The van der Waals surface area contributed by atoms with E-state index in [9.17, 15) is 9.18 Å². The van der Waals surface area contributed by atoms with Crippen LogP contribution in [0.4, 0.5) is 10.1 Å². The summed E-state index contributed by atoms with van der Waals surface area (Å²) in [5.41, 5.74) is 1.73. The number of nitrogens with one attached hydrogen (secondary N) is 1. The van der Waals surface area contributed by atoms with Gasteiger partial charge < -0.3 is 10.2 Å². The zero-order valence-corrected chi connectivity index (χ0v) is 14.5. The van der Waals surface area contributed by atoms with E-state index in [1.54, 1.807) is 12.1 Å². The third kappa shape index (κ3) is 4.37. The van der Waals surface area contributed by atoms with E-state index in [-0.39, 0.29) is 17.8 Å². The Hall–Kier alpha value is -2.40. The number of hydrogen-bond acceptors (Lipinski definition) is 3. The molecule has 0 aliphatic carbocycles. The lowest BCUT2D eigenvalue weighted by Gasteiger charge is -2.38. The van der Waals surface area contributed by atoms with Crippen LogP contribution in [0.2, 0.25) is 0 Å². The molecular weight excluding hydrogens is 317 g/mol. The van der Waals surface area contributed by atoms with Crippen LogP contribution in [-0.4, -0.2) is 43.0 Å². The third-order valence-electron chi connectivity index (χ3n) is 4.74. The van der Waals surface area contributed by atoms with Crippen LogP contribution in [0, 0.1) is 5.82 Å². The first kappa shape index (κ1) is 17.4. The number of halogens is 1. The Labute approximate surface area is 148 Å². The molecule has 0 bridgehead atoms. The molecule has 0 saturated carbocycles. The summed E-state index contributed by atoms with van der Waals surface area (Å²) in [6, 6.07) is 16.5. The summed E-state index contributed by atoms with van der Waals surface area (Å²) in [6.07, 6.45) is 0. The first-order valence-corrected chi connectivity index (χ1v) is 8.70. The molecule has 2 aromatic carbocycles. The Morgan fingerprint density at radius 3 is 2.36 bits per heavy atom. The van der Waals surface area contributed by atoms with Gasteiger partial charge in [0.2, 0.25) is 5.91 Å². The van der Waals surface area contributed by atoms with Gasteiger partial charge in [-0.2, -0.15) is 0 Å². The van der Waals surface area contributed by atoms with Crippen LogP contribution >= 0.6 is 0 Å². The maximum absolute atomic E-state index is 13.9. The minimum absolute atomic E-state index is 0.0307. The van der Waals surface area contributed by atoms with Crippen molar-refractivity contribution in [3.05, 3.63) is 66.0 Å². The van der Waals surface area contributed by atoms with E-state index in [1.165, 1.54) is 6.07 Å². The molecule has 4 nitrogen and oxygen atoms in total. The molecule has 1 saturated heterocycles. The van der Waals surface area contributed by atoms with Gasteiger partial charge in [0.15, 0.2) is 0 Å². The number of para-hydroxylation sites is 1. The molecule has 132 valence electrons. The van der Waals surface area contributed by atoms with E-state index in [2.05, 4.69) is 10.2 Å². The molecule has 0 aromatic heterocycles. The van der Waals surface area contributed by atoms with E-state index in [0.29, 0.717) is 12.2 Å². The number of hydrogen-bond donors (Lipinski definition) is 1. The molecule has 1 heterocycles. The van der Waals surface area contributed by atoms with E-state index in [1.807, 2.05) is 48.2 Å². The van der Waals surface area contributed by atoms with Crippen LogP contribution in [0.15, 0.2) is 54.6 Å². The quantitative estimate of drug-likeness (QED) is 0.908. The van der Waals surface area contributed by atoms with Gasteiger partial charge in [-0.05, 0) is 24.6 Å². The van der Waals surface area contributed by atoms with Crippen molar-refractivity contribution in [2.75, 3.05) is 31.1 Å². The summed E-state index contributed by atoms with van der Waals surface area (Å²) in [4.78, 5) is 16.6.